The molecule has 4 heteroatoms. The van der Waals surface area contributed by atoms with E-state index in [2.05, 4.69) is 5.32 Å². The van der Waals surface area contributed by atoms with Crippen LogP contribution in [0.15, 0.2) is 12.1 Å². The summed E-state index contributed by atoms with van der Waals surface area (Å²) < 4.78 is 27.2. The lowest BCUT2D eigenvalue weighted by Gasteiger charge is -2.21. The van der Waals surface area contributed by atoms with Gasteiger partial charge in [0.2, 0.25) is 0 Å². The van der Waals surface area contributed by atoms with E-state index in [1.807, 2.05) is 6.92 Å². The van der Waals surface area contributed by atoms with E-state index in [0.29, 0.717) is 10.9 Å². The van der Waals surface area contributed by atoms with Crippen molar-refractivity contribution in [3.8, 4) is 0 Å². The van der Waals surface area contributed by atoms with E-state index in [-0.39, 0.29) is 11.6 Å². The highest BCUT2D eigenvalue weighted by Crippen LogP contribution is 2.40. The van der Waals surface area contributed by atoms with Gasteiger partial charge in [-0.05, 0) is 37.4 Å². The number of benzene rings is 1. The van der Waals surface area contributed by atoms with Gasteiger partial charge >= 0.3 is 0 Å². The second-order valence-electron chi connectivity index (χ2n) is 4.94. The van der Waals surface area contributed by atoms with Crippen LogP contribution in [0.25, 0.3) is 0 Å². The highest BCUT2D eigenvalue weighted by molar-refractivity contribution is 6.31. The zero-order valence-electron chi connectivity index (χ0n) is 10.5. The maximum Gasteiger partial charge on any atom is 0.165 e. The summed E-state index contributed by atoms with van der Waals surface area (Å²) in [6.45, 7) is 2.83. The molecule has 1 aliphatic carbocycles. The van der Waals surface area contributed by atoms with Gasteiger partial charge in [-0.3, -0.25) is 0 Å². The molecule has 0 radical (unpaired) electrons. The van der Waals surface area contributed by atoms with Crippen molar-refractivity contribution in [1.29, 1.82) is 0 Å². The minimum absolute atomic E-state index is 0.180. The van der Waals surface area contributed by atoms with E-state index in [1.54, 1.807) is 0 Å². The smallest absolute Gasteiger partial charge is 0.165 e. The molecule has 0 amide bonds. The predicted octanol–water partition coefficient (Wildman–Crippen LogP) is 4.46. The largest absolute Gasteiger partial charge is 0.310 e. The van der Waals surface area contributed by atoms with Crippen LogP contribution >= 0.6 is 11.6 Å². The van der Waals surface area contributed by atoms with Crippen LogP contribution in [0, 0.1) is 17.6 Å². The lowest BCUT2D eigenvalue weighted by Crippen LogP contribution is -2.24. The van der Waals surface area contributed by atoms with Gasteiger partial charge in [0.05, 0.1) is 0 Å². The maximum atomic E-state index is 13.9. The van der Waals surface area contributed by atoms with Gasteiger partial charge in [-0.25, -0.2) is 8.78 Å². The molecule has 1 aromatic rings. The molecule has 0 bridgehead atoms. The van der Waals surface area contributed by atoms with Gasteiger partial charge in [-0.2, -0.15) is 0 Å². The molecular formula is C14H18ClF2N. The van der Waals surface area contributed by atoms with Gasteiger partial charge in [-0.15, -0.1) is 0 Å². The van der Waals surface area contributed by atoms with Crippen molar-refractivity contribution in [3.05, 3.63) is 34.4 Å². The van der Waals surface area contributed by atoms with Crippen molar-refractivity contribution in [3.63, 3.8) is 0 Å². The number of halogens is 3. The SMILES string of the molecule is CCCNC(CC1CC1)c1c(Cl)ccc(F)c1F. The zero-order valence-corrected chi connectivity index (χ0v) is 11.2. The number of nitrogens with one attached hydrogen (secondary N) is 1. The monoisotopic (exact) mass is 273 g/mol. The molecule has 18 heavy (non-hydrogen) atoms. The highest BCUT2D eigenvalue weighted by Gasteiger charge is 2.29. The van der Waals surface area contributed by atoms with Crippen molar-refractivity contribution in [2.75, 3.05) is 6.54 Å². The molecule has 1 saturated carbocycles. The second-order valence-corrected chi connectivity index (χ2v) is 5.35. The molecule has 1 N–H and O–H groups in total. The van der Waals surface area contributed by atoms with Crippen LogP contribution < -0.4 is 5.32 Å². The van der Waals surface area contributed by atoms with Crippen molar-refractivity contribution in [2.24, 2.45) is 5.92 Å². The van der Waals surface area contributed by atoms with Gasteiger partial charge < -0.3 is 5.32 Å². The lowest BCUT2D eigenvalue weighted by molar-refractivity contribution is 0.433. The van der Waals surface area contributed by atoms with Gasteiger partial charge in [0.1, 0.15) is 0 Å². The summed E-state index contributed by atoms with van der Waals surface area (Å²) in [7, 11) is 0. The molecule has 0 aliphatic heterocycles. The third-order valence-electron chi connectivity index (χ3n) is 3.33. The molecule has 1 aromatic carbocycles. The Morgan fingerprint density at radius 2 is 2.11 bits per heavy atom. The molecular weight excluding hydrogens is 256 g/mol. The Balaban J connectivity index is 2.24. The van der Waals surface area contributed by atoms with Crippen LogP contribution in [0.5, 0.6) is 0 Å². The Morgan fingerprint density at radius 3 is 2.72 bits per heavy atom. The van der Waals surface area contributed by atoms with E-state index in [0.717, 1.165) is 25.5 Å². The summed E-state index contributed by atoms with van der Waals surface area (Å²) in [5, 5.41) is 3.58. The first kappa shape index (κ1) is 13.8. The summed E-state index contributed by atoms with van der Waals surface area (Å²) in [5.41, 5.74) is 0.289. The average Bonchev–Trinajstić information content (AvgIpc) is 3.15. The zero-order chi connectivity index (χ0) is 13.1. The Morgan fingerprint density at radius 1 is 1.39 bits per heavy atom. The lowest BCUT2D eigenvalue weighted by atomic mass is 10.00. The fourth-order valence-corrected chi connectivity index (χ4v) is 2.45. The van der Waals surface area contributed by atoms with Gasteiger partial charge in [0.15, 0.2) is 11.6 Å². The van der Waals surface area contributed by atoms with Crippen LogP contribution in [0.4, 0.5) is 8.78 Å². The summed E-state index contributed by atoms with van der Waals surface area (Å²) in [6.07, 6.45) is 4.15. The van der Waals surface area contributed by atoms with Gasteiger partial charge in [0, 0.05) is 16.6 Å². The van der Waals surface area contributed by atoms with Crippen LogP contribution in [0.3, 0.4) is 0 Å². The maximum absolute atomic E-state index is 13.9. The molecule has 100 valence electrons. The van der Waals surface area contributed by atoms with Crippen molar-refractivity contribution >= 4 is 11.6 Å². The van der Waals surface area contributed by atoms with Crippen LogP contribution in [0.2, 0.25) is 5.02 Å². The quantitative estimate of drug-likeness (QED) is 0.755. The van der Waals surface area contributed by atoms with E-state index in [1.165, 1.54) is 18.9 Å². The molecule has 1 atom stereocenters. The number of hydrogen-bond acceptors (Lipinski definition) is 1. The number of rotatable bonds is 6. The van der Waals surface area contributed by atoms with Crippen molar-refractivity contribution in [1.82, 2.24) is 5.32 Å². The van der Waals surface area contributed by atoms with E-state index >= 15 is 0 Å². The van der Waals surface area contributed by atoms with E-state index in [9.17, 15) is 8.78 Å². The molecule has 1 unspecified atom stereocenters. The molecule has 0 spiro atoms. The van der Waals surface area contributed by atoms with Crippen molar-refractivity contribution in [2.45, 2.75) is 38.6 Å². The second kappa shape index (κ2) is 5.98. The molecule has 0 saturated heterocycles. The van der Waals surface area contributed by atoms with Crippen molar-refractivity contribution < 1.29 is 8.78 Å². The predicted molar refractivity (Wildman–Crippen MR) is 69.7 cm³/mol. The van der Waals surface area contributed by atoms with Crippen LogP contribution in [0.1, 0.15) is 44.2 Å². The fourth-order valence-electron chi connectivity index (χ4n) is 2.17. The van der Waals surface area contributed by atoms with E-state index < -0.39 is 11.6 Å². The van der Waals surface area contributed by atoms with Gasteiger partial charge in [0.25, 0.3) is 0 Å². The molecule has 1 aliphatic rings. The Hall–Kier alpha value is -0.670. The molecule has 0 aromatic heterocycles. The summed E-state index contributed by atoms with van der Waals surface area (Å²) in [4.78, 5) is 0. The third-order valence-corrected chi connectivity index (χ3v) is 3.66. The fraction of sp³-hybridized carbons (Fsp3) is 0.571. The Labute approximate surface area is 112 Å². The number of hydrogen-bond donors (Lipinski definition) is 1. The first-order chi connectivity index (χ1) is 8.63. The van der Waals surface area contributed by atoms with Crippen LogP contribution in [-0.4, -0.2) is 6.54 Å². The molecule has 0 heterocycles. The Bertz CT molecular complexity index is 419. The first-order valence-electron chi connectivity index (χ1n) is 6.50. The minimum atomic E-state index is -0.825. The normalized spacial score (nSPS) is 16.9. The molecule has 1 nitrogen and oxygen atoms in total. The minimum Gasteiger partial charge on any atom is -0.310 e. The van der Waals surface area contributed by atoms with E-state index in [4.69, 9.17) is 11.6 Å². The topological polar surface area (TPSA) is 12.0 Å². The third kappa shape index (κ3) is 3.21. The molecule has 2 rings (SSSR count). The summed E-state index contributed by atoms with van der Waals surface area (Å²) >= 11 is 6.03. The first-order valence-corrected chi connectivity index (χ1v) is 6.88. The highest BCUT2D eigenvalue weighted by atomic mass is 35.5. The average molecular weight is 274 g/mol. The van der Waals surface area contributed by atoms with Crippen LogP contribution in [-0.2, 0) is 0 Å². The Kier molecular flexibility index (Phi) is 4.57. The summed E-state index contributed by atoms with van der Waals surface area (Å²) in [5.74, 6) is -1.01. The standard InChI is InChI=1S/C14H18ClF2N/c1-2-7-18-12(8-9-3-4-9)13-10(15)5-6-11(16)14(13)17/h5-6,9,12,18H,2-4,7-8H2,1H3. The molecule has 1 fully saturated rings. The summed E-state index contributed by atoms with van der Waals surface area (Å²) in [6, 6.07) is 2.33. The van der Waals surface area contributed by atoms with Gasteiger partial charge in [-0.1, -0.05) is 31.4 Å².